The summed E-state index contributed by atoms with van der Waals surface area (Å²) in [6.45, 7) is 1.60. The number of benzene rings is 1. The molecule has 1 aromatic carbocycles. The summed E-state index contributed by atoms with van der Waals surface area (Å²) in [5, 5.41) is 6.51. The third kappa shape index (κ3) is 2.28. The fourth-order valence-electron chi connectivity index (χ4n) is 1.64. The Morgan fingerprint density at radius 1 is 1.44 bits per heavy atom. The number of aryl methyl sites for hydroxylation is 2. The summed E-state index contributed by atoms with van der Waals surface area (Å²) >= 11 is 3.31. The molecule has 0 aliphatic rings. The van der Waals surface area contributed by atoms with Gasteiger partial charge in [0.15, 0.2) is 0 Å². The van der Waals surface area contributed by atoms with Gasteiger partial charge >= 0.3 is 0 Å². The van der Waals surface area contributed by atoms with Crippen molar-refractivity contribution in [3.05, 3.63) is 45.9 Å². The molecule has 2 aromatic rings. The van der Waals surface area contributed by atoms with Gasteiger partial charge in [0.05, 0.1) is 11.4 Å². The molecule has 0 saturated carbocycles. The Hall–Kier alpha value is -1.69. The van der Waals surface area contributed by atoms with Crippen LogP contribution >= 0.6 is 15.9 Å². The monoisotopic (exact) mass is 311 g/mol. The van der Waals surface area contributed by atoms with Crippen LogP contribution in [-0.4, -0.2) is 15.7 Å². The third-order valence-electron chi connectivity index (χ3n) is 2.50. The van der Waals surface area contributed by atoms with E-state index >= 15 is 0 Å². The topological polar surface area (TPSA) is 46.9 Å². The minimum Gasteiger partial charge on any atom is -0.321 e. The molecule has 6 heteroatoms. The van der Waals surface area contributed by atoms with Crippen molar-refractivity contribution < 1.29 is 9.18 Å². The number of nitrogens with one attached hydrogen (secondary N) is 1. The van der Waals surface area contributed by atoms with Gasteiger partial charge in [-0.15, -0.1) is 0 Å². The smallest absolute Gasteiger partial charge is 0.262 e. The van der Waals surface area contributed by atoms with Crippen molar-refractivity contribution in [1.82, 2.24) is 9.78 Å². The van der Waals surface area contributed by atoms with Crippen LogP contribution in [0.3, 0.4) is 0 Å². The van der Waals surface area contributed by atoms with Gasteiger partial charge in [0.25, 0.3) is 5.91 Å². The van der Waals surface area contributed by atoms with Crippen molar-refractivity contribution in [2.45, 2.75) is 6.92 Å². The number of carbonyl (C=O) groups is 1. The van der Waals surface area contributed by atoms with Crippen LogP contribution in [0.15, 0.2) is 28.7 Å². The molecule has 0 spiro atoms. The summed E-state index contributed by atoms with van der Waals surface area (Å²) in [4.78, 5) is 12.0. The molecule has 1 heterocycles. The van der Waals surface area contributed by atoms with Gasteiger partial charge in [0, 0.05) is 11.5 Å². The number of carbonyl (C=O) groups excluding carboxylic acids is 1. The molecule has 1 N–H and O–H groups in total. The summed E-state index contributed by atoms with van der Waals surface area (Å²) < 4.78 is 15.5. The molecule has 1 aromatic heterocycles. The van der Waals surface area contributed by atoms with Crippen LogP contribution in [0.4, 0.5) is 10.1 Å². The van der Waals surface area contributed by atoms with Crippen molar-refractivity contribution in [3.63, 3.8) is 0 Å². The SMILES string of the molecule is Cc1nn(C)c(F)c1C(=O)Nc1ccccc1Br. The van der Waals surface area contributed by atoms with Gasteiger partial charge in [0.2, 0.25) is 5.95 Å². The highest BCUT2D eigenvalue weighted by Gasteiger charge is 2.20. The quantitative estimate of drug-likeness (QED) is 0.927. The van der Waals surface area contributed by atoms with Gasteiger partial charge in [0.1, 0.15) is 5.56 Å². The molecule has 2 rings (SSSR count). The van der Waals surface area contributed by atoms with Gasteiger partial charge < -0.3 is 5.32 Å². The predicted octanol–water partition coefficient (Wildman–Crippen LogP) is 2.88. The van der Waals surface area contributed by atoms with Crippen LogP contribution in [0.2, 0.25) is 0 Å². The third-order valence-corrected chi connectivity index (χ3v) is 3.19. The van der Waals surface area contributed by atoms with E-state index in [0.717, 1.165) is 9.15 Å². The van der Waals surface area contributed by atoms with E-state index in [-0.39, 0.29) is 5.56 Å². The average Bonchev–Trinajstić information content (AvgIpc) is 2.56. The summed E-state index contributed by atoms with van der Waals surface area (Å²) in [6.07, 6.45) is 0. The highest BCUT2D eigenvalue weighted by molar-refractivity contribution is 9.10. The van der Waals surface area contributed by atoms with Crippen molar-refractivity contribution in [2.24, 2.45) is 7.05 Å². The maximum Gasteiger partial charge on any atom is 0.262 e. The van der Waals surface area contributed by atoms with Gasteiger partial charge in [-0.3, -0.25) is 4.79 Å². The summed E-state index contributed by atoms with van der Waals surface area (Å²) in [6, 6.07) is 7.14. The van der Waals surface area contributed by atoms with Crippen LogP contribution in [0, 0.1) is 12.9 Å². The Morgan fingerprint density at radius 2 is 2.11 bits per heavy atom. The number of anilines is 1. The predicted molar refractivity (Wildman–Crippen MR) is 70.0 cm³/mol. The lowest BCUT2D eigenvalue weighted by Gasteiger charge is -2.06. The number of hydrogen-bond donors (Lipinski definition) is 1. The highest BCUT2D eigenvalue weighted by atomic mass is 79.9. The van der Waals surface area contributed by atoms with Gasteiger partial charge in [-0.2, -0.15) is 9.49 Å². The lowest BCUT2D eigenvalue weighted by Crippen LogP contribution is -2.14. The molecule has 1 amide bonds. The molecule has 0 radical (unpaired) electrons. The van der Waals surface area contributed by atoms with Crippen LogP contribution in [0.25, 0.3) is 0 Å². The first-order valence-corrected chi connectivity index (χ1v) is 6.05. The van der Waals surface area contributed by atoms with E-state index in [4.69, 9.17) is 0 Å². The molecule has 18 heavy (non-hydrogen) atoms. The summed E-state index contributed by atoms with van der Waals surface area (Å²) in [5.74, 6) is -1.15. The van der Waals surface area contributed by atoms with E-state index in [1.165, 1.54) is 7.05 Å². The molecule has 0 fully saturated rings. The van der Waals surface area contributed by atoms with Gasteiger partial charge in [-0.1, -0.05) is 12.1 Å². The largest absolute Gasteiger partial charge is 0.321 e. The Kier molecular flexibility index (Phi) is 3.47. The Bertz CT molecular complexity index is 609. The Labute approximate surface area is 112 Å². The second-order valence-corrected chi connectivity index (χ2v) is 4.66. The second kappa shape index (κ2) is 4.89. The number of aromatic nitrogens is 2. The molecule has 0 atom stereocenters. The molecule has 0 aliphatic carbocycles. The minimum atomic E-state index is -0.642. The first-order chi connectivity index (χ1) is 8.50. The lowest BCUT2D eigenvalue weighted by atomic mass is 10.2. The second-order valence-electron chi connectivity index (χ2n) is 3.81. The zero-order chi connectivity index (χ0) is 13.3. The van der Waals surface area contributed by atoms with E-state index < -0.39 is 11.9 Å². The molecular formula is C12H11BrFN3O. The Morgan fingerprint density at radius 3 is 2.67 bits per heavy atom. The van der Waals surface area contributed by atoms with Crippen LogP contribution in [0.1, 0.15) is 16.1 Å². The lowest BCUT2D eigenvalue weighted by molar-refractivity contribution is 0.102. The van der Waals surface area contributed by atoms with E-state index in [2.05, 4.69) is 26.3 Å². The van der Waals surface area contributed by atoms with E-state index in [9.17, 15) is 9.18 Å². The summed E-state index contributed by atoms with van der Waals surface area (Å²) in [7, 11) is 1.46. The number of halogens is 2. The number of amides is 1. The maximum atomic E-state index is 13.7. The van der Waals surface area contributed by atoms with Gasteiger partial charge in [-0.05, 0) is 35.0 Å². The van der Waals surface area contributed by atoms with Crippen LogP contribution < -0.4 is 5.32 Å². The van der Waals surface area contributed by atoms with Crippen LogP contribution in [-0.2, 0) is 7.05 Å². The first-order valence-electron chi connectivity index (χ1n) is 5.25. The molecule has 4 nitrogen and oxygen atoms in total. The summed E-state index contributed by atoms with van der Waals surface area (Å²) in [5.41, 5.74) is 0.915. The Balaban J connectivity index is 2.31. The molecule has 0 aliphatic heterocycles. The molecular weight excluding hydrogens is 301 g/mol. The fourth-order valence-corrected chi connectivity index (χ4v) is 2.02. The van der Waals surface area contributed by atoms with Crippen molar-refractivity contribution >= 4 is 27.5 Å². The highest BCUT2D eigenvalue weighted by Crippen LogP contribution is 2.22. The fraction of sp³-hybridized carbons (Fsp3) is 0.167. The zero-order valence-electron chi connectivity index (χ0n) is 9.87. The van der Waals surface area contributed by atoms with Gasteiger partial charge in [-0.25, -0.2) is 4.68 Å². The number of para-hydroxylation sites is 1. The zero-order valence-corrected chi connectivity index (χ0v) is 11.5. The molecule has 0 unspecified atom stereocenters. The number of rotatable bonds is 2. The first kappa shape index (κ1) is 12.8. The standard InChI is InChI=1S/C12H11BrFN3O/c1-7-10(11(14)17(2)16-7)12(18)15-9-6-4-3-5-8(9)13/h3-6H,1-2H3,(H,15,18). The molecule has 0 bridgehead atoms. The van der Waals surface area contributed by atoms with E-state index in [1.807, 2.05) is 6.07 Å². The average molecular weight is 312 g/mol. The van der Waals surface area contributed by atoms with Crippen molar-refractivity contribution in [1.29, 1.82) is 0 Å². The van der Waals surface area contributed by atoms with Crippen molar-refractivity contribution in [2.75, 3.05) is 5.32 Å². The maximum absolute atomic E-state index is 13.7. The number of nitrogens with zero attached hydrogens (tertiary/aromatic N) is 2. The minimum absolute atomic E-state index is 0.0340. The molecule has 0 saturated heterocycles. The normalized spacial score (nSPS) is 10.4. The number of hydrogen-bond acceptors (Lipinski definition) is 2. The van der Waals surface area contributed by atoms with E-state index in [0.29, 0.717) is 11.4 Å². The van der Waals surface area contributed by atoms with Crippen molar-refractivity contribution in [3.8, 4) is 0 Å². The molecule has 94 valence electrons. The van der Waals surface area contributed by atoms with E-state index in [1.54, 1.807) is 25.1 Å². The van der Waals surface area contributed by atoms with Crippen LogP contribution in [0.5, 0.6) is 0 Å².